The first-order valence-electron chi connectivity index (χ1n) is 26.8. The van der Waals surface area contributed by atoms with Crippen molar-refractivity contribution in [2.24, 2.45) is 29.6 Å². The Bertz CT molecular complexity index is 3000. The number of hydrogen-bond acceptors (Lipinski definition) is 10. The third-order valence-electron chi connectivity index (χ3n) is 17.2. The Kier molecular flexibility index (Phi) is 13.4. The largest absolute Gasteiger partial charge is 0.469 e. The Morgan fingerprint density at radius 1 is 0.836 bits per heavy atom. The molecule has 1 saturated carbocycles. The lowest BCUT2D eigenvalue weighted by Gasteiger charge is -2.39. The van der Waals surface area contributed by atoms with Crippen LogP contribution < -0.4 is 4.74 Å². The number of fused-ring (bicyclic) bond motifs is 6. The second-order valence-electron chi connectivity index (χ2n) is 22.3. The van der Waals surface area contributed by atoms with Crippen LogP contribution in [0.15, 0.2) is 78.0 Å². The number of likely N-dealkylation sites (tertiary alicyclic amines) is 2. The summed E-state index contributed by atoms with van der Waals surface area (Å²) in [4.78, 5) is 64.0. The van der Waals surface area contributed by atoms with Crippen molar-refractivity contribution < 1.29 is 38.1 Å². The Balaban J connectivity index is 0.847. The number of benzene rings is 2. The van der Waals surface area contributed by atoms with Crippen molar-refractivity contribution in [3.63, 3.8) is 0 Å². The number of carbonyl (C=O) groups is 4. The molecule has 2 aromatic heterocycles. The fraction of sp³-hybridized carbons (Fsp3) is 0.517. The van der Waals surface area contributed by atoms with E-state index in [0.717, 1.165) is 112 Å². The van der Waals surface area contributed by atoms with Crippen LogP contribution in [0.4, 0.5) is 0 Å². The predicted octanol–water partition coefficient (Wildman–Crippen LogP) is 11.2. The highest BCUT2D eigenvalue weighted by atomic mass is 32.1. The number of amides is 2. The molecule has 10 atom stereocenters. The zero-order chi connectivity index (χ0) is 51.0. The van der Waals surface area contributed by atoms with E-state index < -0.39 is 18.1 Å². The standard InChI is InChI=1S/C60H70N4O8S/c1-9-54-61-31-53(73-54)60-64-48-17-16-37(36-12-15-40(22-36)49-25-44-26-50(44)63(49)59(68)46(30-56(66)70-8)42-20-34(5)71-35(6)21-42)24-43(48)27-51(64)57-33(4)19-41(28-52(57)72-60)38-13-14-39(23-38)47-11-10-18-62(47)58(67)45(32(2)3)29-55(65)69-7/h12-17,19,24,27-28,31-32,34-35,42,44-47,49-50,60H,9-11,18,20-23,25-26,29-30H2,1-8H3/t34-,35+,42?,44-,45-,46-,47-,49-,50+,60?/m0/s1. The van der Waals surface area contributed by atoms with Crippen molar-refractivity contribution in [2.45, 2.75) is 149 Å². The highest BCUT2D eigenvalue weighted by Gasteiger charge is 2.56. The molecule has 3 aliphatic carbocycles. The summed E-state index contributed by atoms with van der Waals surface area (Å²) in [5, 5.41) is 2.20. The Morgan fingerprint density at radius 3 is 2.25 bits per heavy atom. The van der Waals surface area contributed by atoms with E-state index in [1.807, 2.05) is 24.9 Å². The molecule has 2 aromatic carbocycles. The van der Waals surface area contributed by atoms with Crippen molar-refractivity contribution in [1.82, 2.24) is 19.4 Å². The zero-order valence-electron chi connectivity index (χ0n) is 43.7. The molecule has 384 valence electrons. The highest BCUT2D eigenvalue weighted by Crippen LogP contribution is 2.54. The average Bonchev–Trinajstić information content (AvgIpc) is 4.14. The van der Waals surface area contributed by atoms with Crippen molar-refractivity contribution in [1.29, 1.82) is 0 Å². The maximum atomic E-state index is 14.8. The third kappa shape index (κ3) is 9.20. The van der Waals surface area contributed by atoms with Gasteiger partial charge in [0.2, 0.25) is 18.0 Å². The Hall–Kier alpha value is -5.79. The van der Waals surface area contributed by atoms with Crippen LogP contribution >= 0.6 is 11.3 Å². The number of allylic oxidation sites excluding steroid dienone is 6. The molecule has 4 aliphatic heterocycles. The van der Waals surface area contributed by atoms with Gasteiger partial charge in [-0.2, -0.15) is 0 Å². The van der Waals surface area contributed by atoms with Gasteiger partial charge in [0, 0.05) is 29.7 Å². The van der Waals surface area contributed by atoms with Crippen molar-refractivity contribution in [3.8, 4) is 17.0 Å². The van der Waals surface area contributed by atoms with Gasteiger partial charge in [-0.25, -0.2) is 4.98 Å². The molecule has 2 unspecified atom stereocenters. The minimum absolute atomic E-state index is 0.00106. The van der Waals surface area contributed by atoms with Crippen molar-refractivity contribution in [2.75, 3.05) is 20.8 Å². The molecule has 0 bridgehead atoms. The number of hydrogen-bond donors (Lipinski definition) is 0. The molecule has 3 saturated heterocycles. The van der Waals surface area contributed by atoms with Gasteiger partial charge in [-0.05, 0) is 160 Å². The first kappa shape index (κ1) is 49.4. The quantitative estimate of drug-likeness (QED) is 0.113. The smallest absolute Gasteiger partial charge is 0.306 e. The molecular formula is C60H70N4O8S. The third-order valence-corrected chi connectivity index (χ3v) is 18.4. The molecule has 13 heteroatoms. The zero-order valence-corrected chi connectivity index (χ0v) is 44.5. The van der Waals surface area contributed by atoms with Gasteiger partial charge in [0.05, 0.1) is 84.3 Å². The van der Waals surface area contributed by atoms with Crippen LogP contribution in [-0.4, -0.2) is 94.2 Å². The summed E-state index contributed by atoms with van der Waals surface area (Å²) in [6.07, 6.45) is 18.5. The fourth-order valence-electron chi connectivity index (χ4n) is 13.4. The van der Waals surface area contributed by atoms with Gasteiger partial charge in [-0.15, -0.1) is 11.3 Å². The van der Waals surface area contributed by atoms with E-state index in [1.165, 1.54) is 36.5 Å². The lowest BCUT2D eigenvalue weighted by molar-refractivity contribution is -0.152. The van der Waals surface area contributed by atoms with Gasteiger partial charge >= 0.3 is 11.9 Å². The number of nitrogens with zero attached hydrogens (tertiary/aromatic N) is 4. The van der Waals surface area contributed by atoms with Crippen LogP contribution in [0.3, 0.4) is 0 Å². The molecule has 7 aliphatic rings. The average molecular weight is 1010 g/mol. The predicted molar refractivity (Wildman–Crippen MR) is 283 cm³/mol. The minimum Gasteiger partial charge on any atom is -0.469 e. The van der Waals surface area contributed by atoms with E-state index in [2.05, 4.69) is 97.9 Å². The van der Waals surface area contributed by atoms with Crippen molar-refractivity contribution >= 4 is 57.1 Å². The monoisotopic (exact) mass is 1010 g/mol. The number of thiazole rings is 1. The summed E-state index contributed by atoms with van der Waals surface area (Å²) >= 11 is 1.70. The van der Waals surface area contributed by atoms with Crippen LogP contribution in [0.5, 0.6) is 5.75 Å². The van der Waals surface area contributed by atoms with Crippen LogP contribution in [0.1, 0.15) is 132 Å². The summed E-state index contributed by atoms with van der Waals surface area (Å²) in [6.45, 7) is 13.2. The molecule has 2 amide bonds. The minimum atomic E-state index is -0.423. The summed E-state index contributed by atoms with van der Waals surface area (Å²) < 4.78 is 25.7. The van der Waals surface area contributed by atoms with E-state index in [9.17, 15) is 19.2 Å². The number of aromatic nitrogens is 2. The second-order valence-corrected chi connectivity index (χ2v) is 23.4. The fourth-order valence-corrected chi connectivity index (χ4v) is 14.3. The van der Waals surface area contributed by atoms with Gasteiger partial charge in [0.1, 0.15) is 5.75 Å². The normalized spacial score (nSPS) is 26.9. The summed E-state index contributed by atoms with van der Waals surface area (Å²) in [5.41, 5.74) is 11.6. The SMILES string of the molecule is CCc1ncc(C2Oc3cc(C4=CC=C([C@@H]5CCCN5C(=O)[C@@H](CC(=O)OC)C(C)C)C4)cc(C)c3-c3cc4cc(C5=CC=C([C@@H]6C[C@H]7C[C@H]7N6C(=O)[C@@H](CC(=O)OC)C6C[C@@H](C)O[C@@H](C)C6)C5)ccc4n32)s1. The first-order valence-corrected chi connectivity index (χ1v) is 27.7. The van der Waals surface area contributed by atoms with Gasteiger partial charge < -0.3 is 28.7 Å². The summed E-state index contributed by atoms with van der Waals surface area (Å²) in [6, 6.07) is 13.8. The van der Waals surface area contributed by atoms with Crippen LogP contribution in [0.25, 0.3) is 33.3 Å². The number of aryl methyl sites for hydroxylation is 2. The summed E-state index contributed by atoms with van der Waals surface area (Å²) in [7, 11) is 2.80. The van der Waals surface area contributed by atoms with Crippen LogP contribution in [0, 0.1) is 36.5 Å². The van der Waals surface area contributed by atoms with Crippen LogP contribution in [-0.2, 0) is 39.8 Å². The molecular weight excluding hydrogens is 937 g/mol. The van der Waals surface area contributed by atoms with Gasteiger partial charge in [-0.3, -0.25) is 23.7 Å². The van der Waals surface area contributed by atoms with Gasteiger partial charge in [0.25, 0.3) is 0 Å². The topological polar surface area (TPSA) is 130 Å². The van der Waals surface area contributed by atoms with E-state index in [1.54, 1.807) is 11.3 Å². The molecule has 6 heterocycles. The molecule has 12 nitrogen and oxygen atoms in total. The van der Waals surface area contributed by atoms with Gasteiger partial charge in [-0.1, -0.05) is 57.2 Å². The highest BCUT2D eigenvalue weighted by molar-refractivity contribution is 7.11. The number of esters is 2. The molecule has 0 spiro atoms. The molecule has 4 fully saturated rings. The van der Waals surface area contributed by atoms with E-state index in [0.29, 0.717) is 12.5 Å². The molecule has 73 heavy (non-hydrogen) atoms. The number of carbonyl (C=O) groups excluding carboxylic acids is 4. The van der Waals surface area contributed by atoms with E-state index in [-0.39, 0.29) is 78.8 Å². The van der Waals surface area contributed by atoms with Gasteiger partial charge in [0.15, 0.2) is 0 Å². The maximum Gasteiger partial charge on any atom is 0.306 e. The van der Waals surface area contributed by atoms with E-state index in [4.69, 9.17) is 23.9 Å². The maximum absolute atomic E-state index is 14.8. The number of ether oxygens (including phenoxy) is 4. The second kappa shape index (κ2) is 19.8. The lowest BCUT2D eigenvalue weighted by atomic mass is 9.79. The number of rotatable bonds is 14. The summed E-state index contributed by atoms with van der Waals surface area (Å²) in [5.74, 6) is 0.0629. The number of methoxy groups -OCH3 is 2. The Morgan fingerprint density at radius 2 is 1.55 bits per heavy atom. The molecule has 0 N–H and O–H groups in total. The lowest BCUT2D eigenvalue weighted by Crippen LogP contribution is -2.47. The first-order chi connectivity index (χ1) is 35.2. The number of piperidine rings is 1. The molecule has 0 radical (unpaired) electrons. The van der Waals surface area contributed by atoms with Crippen molar-refractivity contribution in [3.05, 3.63) is 105 Å². The Labute approximate surface area is 433 Å². The van der Waals surface area contributed by atoms with E-state index >= 15 is 0 Å². The molecule has 11 rings (SSSR count). The molecule has 4 aromatic rings. The van der Waals surface area contributed by atoms with Crippen LogP contribution in [0.2, 0.25) is 0 Å².